The molecule has 0 aliphatic rings. The fourth-order valence-electron chi connectivity index (χ4n) is 9.10. The Morgan fingerprint density at radius 3 is 1.03 bits per heavy atom. The quantitative estimate of drug-likeness (QED) is 0.152. The Balaban J connectivity index is 0.917. The zero-order valence-electron chi connectivity index (χ0n) is 32.5. The highest BCUT2D eigenvalue weighted by Crippen LogP contribution is 2.46. The third kappa shape index (κ3) is 5.68. The van der Waals surface area contributed by atoms with Crippen LogP contribution >= 0.6 is 22.7 Å². The first kappa shape index (κ1) is 34.8. The van der Waals surface area contributed by atoms with Crippen molar-refractivity contribution >= 4 is 66.3 Å². The molecule has 0 aliphatic heterocycles. The number of fused-ring (bicyclic) bond motifs is 6. The van der Waals surface area contributed by atoms with Crippen LogP contribution in [0.15, 0.2) is 218 Å². The summed E-state index contributed by atoms with van der Waals surface area (Å²) in [5.41, 5.74) is 14.6. The highest BCUT2D eigenvalue weighted by atomic mass is 32.1. The first-order chi connectivity index (χ1) is 29.8. The average Bonchev–Trinajstić information content (AvgIpc) is 4.14. The van der Waals surface area contributed by atoms with Crippen molar-refractivity contribution in [1.29, 1.82) is 0 Å². The predicted molar refractivity (Wildman–Crippen MR) is 258 cm³/mol. The molecule has 4 heteroatoms. The van der Waals surface area contributed by atoms with E-state index < -0.39 is 0 Å². The van der Waals surface area contributed by atoms with Crippen molar-refractivity contribution in [2.75, 3.05) is 0 Å². The summed E-state index contributed by atoms with van der Waals surface area (Å²) in [6, 6.07) is 79.6. The molecule has 0 amide bonds. The lowest BCUT2D eigenvalue weighted by Crippen LogP contribution is -1.93. The number of rotatable bonds is 7. The van der Waals surface area contributed by atoms with Crippen LogP contribution in [0.25, 0.3) is 108 Å². The maximum absolute atomic E-state index is 2.42. The molecule has 0 radical (unpaired) electrons. The van der Waals surface area contributed by atoms with E-state index in [9.17, 15) is 0 Å². The molecule has 0 fully saturated rings. The lowest BCUT2D eigenvalue weighted by atomic mass is 10.0. The van der Waals surface area contributed by atoms with Gasteiger partial charge in [-0.3, -0.25) is 0 Å². The van der Waals surface area contributed by atoms with Crippen molar-refractivity contribution in [3.05, 3.63) is 218 Å². The fraction of sp³-hybridized carbons (Fsp3) is 0. The number of benzene rings is 8. The summed E-state index contributed by atoms with van der Waals surface area (Å²) < 4.78 is 4.83. The van der Waals surface area contributed by atoms with Gasteiger partial charge in [0.2, 0.25) is 0 Å². The van der Waals surface area contributed by atoms with Gasteiger partial charge in [0.05, 0.1) is 22.1 Å². The summed E-state index contributed by atoms with van der Waals surface area (Å²) in [6.45, 7) is 0. The van der Waals surface area contributed by atoms with Gasteiger partial charge in [-0.15, -0.1) is 22.7 Å². The molecular weight excluding hydrogens is 765 g/mol. The first-order valence-electron chi connectivity index (χ1n) is 20.3. The standard InChI is InChI=1S/C56H36N2S2/c1-3-13-37(14-4-1)39-25-29-41(30-26-39)57-47-21-9-7-17-43(47)55-45(19-11-23-49(55)57)51-33-35-53(59-51)54-36-34-52(60-54)46-20-12-24-50-56(46)44-18-8-10-22-48(44)58(50)42-31-27-40(28-32-42)38-15-5-2-6-16-38/h1-36H. The summed E-state index contributed by atoms with van der Waals surface area (Å²) in [6.07, 6.45) is 0. The van der Waals surface area contributed by atoms with Gasteiger partial charge in [-0.1, -0.05) is 146 Å². The molecule has 2 nitrogen and oxygen atoms in total. The summed E-state index contributed by atoms with van der Waals surface area (Å²) in [5.74, 6) is 0. The highest BCUT2D eigenvalue weighted by molar-refractivity contribution is 7.25. The van der Waals surface area contributed by atoms with Crippen molar-refractivity contribution in [3.8, 4) is 64.3 Å². The minimum absolute atomic E-state index is 1.16. The van der Waals surface area contributed by atoms with Crippen LogP contribution in [0, 0.1) is 0 Å². The molecular formula is C56H36N2S2. The van der Waals surface area contributed by atoms with E-state index in [0.717, 1.165) is 11.4 Å². The van der Waals surface area contributed by atoms with Crippen LogP contribution in [0.2, 0.25) is 0 Å². The Hall–Kier alpha value is -7.24. The lowest BCUT2D eigenvalue weighted by molar-refractivity contribution is 1.18. The van der Waals surface area contributed by atoms with Crippen molar-refractivity contribution in [2.45, 2.75) is 0 Å². The smallest absolute Gasteiger partial charge is 0.0547 e. The second-order valence-corrected chi connectivity index (χ2v) is 17.4. The van der Waals surface area contributed by atoms with Crippen LogP contribution in [-0.2, 0) is 0 Å². The monoisotopic (exact) mass is 800 g/mol. The number of aromatic nitrogens is 2. The maximum Gasteiger partial charge on any atom is 0.0547 e. The molecule has 0 atom stereocenters. The van der Waals surface area contributed by atoms with Gasteiger partial charge in [0.1, 0.15) is 0 Å². The third-order valence-electron chi connectivity index (χ3n) is 11.8. The van der Waals surface area contributed by atoms with Crippen LogP contribution in [0.4, 0.5) is 0 Å². The van der Waals surface area contributed by atoms with Gasteiger partial charge in [-0.2, -0.15) is 0 Å². The van der Waals surface area contributed by atoms with Gasteiger partial charge in [0.25, 0.3) is 0 Å². The lowest BCUT2D eigenvalue weighted by Gasteiger charge is -2.10. The largest absolute Gasteiger partial charge is 0.309 e. The molecule has 8 aromatic carbocycles. The van der Waals surface area contributed by atoms with E-state index in [1.54, 1.807) is 0 Å². The molecule has 282 valence electrons. The summed E-state index contributed by atoms with van der Waals surface area (Å²) in [4.78, 5) is 5.12. The normalized spacial score (nSPS) is 11.7. The number of nitrogens with zero attached hydrogens (tertiary/aromatic N) is 2. The minimum Gasteiger partial charge on any atom is -0.309 e. The third-order valence-corrected chi connectivity index (χ3v) is 14.3. The van der Waals surface area contributed by atoms with Crippen molar-refractivity contribution < 1.29 is 0 Å². The number of hydrogen-bond donors (Lipinski definition) is 0. The summed E-state index contributed by atoms with van der Waals surface area (Å²) >= 11 is 3.76. The van der Waals surface area contributed by atoms with E-state index in [1.165, 1.54) is 96.5 Å². The molecule has 0 bridgehead atoms. The molecule has 0 N–H and O–H groups in total. The van der Waals surface area contributed by atoms with Crippen molar-refractivity contribution in [1.82, 2.24) is 9.13 Å². The number of para-hydroxylation sites is 2. The van der Waals surface area contributed by atoms with Crippen LogP contribution < -0.4 is 0 Å². The molecule has 60 heavy (non-hydrogen) atoms. The zero-order valence-corrected chi connectivity index (χ0v) is 34.1. The van der Waals surface area contributed by atoms with Crippen molar-refractivity contribution in [3.63, 3.8) is 0 Å². The fourth-order valence-corrected chi connectivity index (χ4v) is 11.3. The number of thiophene rings is 2. The van der Waals surface area contributed by atoms with Gasteiger partial charge in [0.15, 0.2) is 0 Å². The predicted octanol–water partition coefficient (Wildman–Crippen LogP) is 16.3. The van der Waals surface area contributed by atoms with Gasteiger partial charge in [-0.25, -0.2) is 0 Å². The second-order valence-electron chi connectivity index (χ2n) is 15.3. The zero-order chi connectivity index (χ0) is 39.6. The van der Waals surface area contributed by atoms with Crippen LogP contribution in [0.5, 0.6) is 0 Å². The Morgan fingerprint density at radius 2 is 0.600 bits per heavy atom. The van der Waals surface area contributed by atoms with E-state index in [-0.39, 0.29) is 0 Å². The Morgan fingerprint density at radius 1 is 0.250 bits per heavy atom. The van der Waals surface area contributed by atoms with E-state index in [2.05, 4.69) is 228 Å². The van der Waals surface area contributed by atoms with Gasteiger partial charge < -0.3 is 9.13 Å². The minimum atomic E-state index is 1.16. The van der Waals surface area contributed by atoms with Gasteiger partial charge in [0, 0.05) is 63.6 Å². The molecule has 0 saturated carbocycles. The molecule has 0 spiro atoms. The van der Waals surface area contributed by atoms with Crippen LogP contribution in [0.3, 0.4) is 0 Å². The average molecular weight is 801 g/mol. The first-order valence-corrected chi connectivity index (χ1v) is 22.0. The molecule has 12 aromatic rings. The molecule has 4 heterocycles. The van der Waals surface area contributed by atoms with Crippen LogP contribution in [-0.4, -0.2) is 9.13 Å². The van der Waals surface area contributed by atoms with E-state index in [0.29, 0.717) is 0 Å². The number of hydrogen-bond acceptors (Lipinski definition) is 2. The van der Waals surface area contributed by atoms with Gasteiger partial charge in [-0.05, 0) is 95.1 Å². The Labute approximate surface area is 356 Å². The summed E-state index contributed by atoms with van der Waals surface area (Å²) in [7, 11) is 0. The van der Waals surface area contributed by atoms with Gasteiger partial charge >= 0.3 is 0 Å². The SMILES string of the molecule is c1ccc(-c2ccc(-n3c4ccccc4c4c(-c5ccc(-c6ccc(-c7cccc8c7c7ccccc7n8-c7ccc(-c8ccccc8)cc7)s6)s5)cccc43)cc2)cc1. The van der Waals surface area contributed by atoms with Crippen molar-refractivity contribution in [2.24, 2.45) is 0 Å². The topological polar surface area (TPSA) is 9.86 Å². The Bertz CT molecular complexity index is 3270. The van der Waals surface area contributed by atoms with E-state index >= 15 is 0 Å². The molecule has 0 unspecified atom stereocenters. The highest BCUT2D eigenvalue weighted by Gasteiger charge is 2.20. The summed E-state index contributed by atoms with van der Waals surface area (Å²) in [5, 5.41) is 5.11. The second kappa shape index (κ2) is 14.2. The van der Waals surface area contributed by atoms with E-state index in [4.69, 9.17) is 0 Å². The molecule has 0 aliphatic carbocycles. The maximum atomic E-state index is 2.42. The molecule has 0 saturated heterocycles. The molecule has 4 aromatic heterocycles. The molecule has 12 rings (SSSR count). The van der Waals surface area contributed by atoms with E-state index in [1.807, 2.05) is 22.7 Å². The Kier molecular flexibility index (Phi) is 8.25. The van der Waals surface area contributed by atoms with Crippen LogP contribution in [0.1, 0.15) is 0 Å².